The van der Waals surface area contributed by atoms with Crippen LogP contribution in [0.15, 0.2) is 22.7 Å². The number of nitrogens with one attached hydrogen (secondary N) is 1. The Bertz CT molecular complexity index is 680. The third kappa shape index (κ3) is 4.31. The highest BCUT2D eigenvalue weighted by Crippen LogP contribution is 2.26. The van der Waals surface area contributed by atoms with E-state index in [4.69, 9.17) is 0 Å². The highest BCUT2D eigenvalue weighted by atomic mass is 79.9. The molecule has 1 amide bonds. The van der Waals surface area contributed by atoms with Crippen molar-refractivity contribution in [3.8, 4) is 0 Å². The number of likely N-dealkylation sites (tertiary alicyclic amines) is 1. The van der Waals surface area contributed by atoms with E-state index in [2.05, 4.69) is 32.3 Å². The molecule has 0 saturated carbocycles. The Morgan fingerprint density at radius 3 is 2.96 bits per heavy atom. The van der Waals surface area contributed by atoms with Gasteiger partial charge >= 0.3 is 0 Å². The second kappa shape index (κ2) is 7.73. The molecule has 0 atom stereocenters. The molecule has 1 aromatic heterocycles. The van der Waals surface area contributed by atoms with Gasteiger partial charge in [-0.3, -0.25) is 4.79 Å². The summed E-state index contributed by atoms with van der Waals surface area (Å²) in [4.78, 5) is 19.0. The Kier molecular flexibility index (Phi) is 5.67. The Morgan fingerprint density at radius 1 is 1.43 bits per heavy atom. The Morgan fingerprint density at radius 2 is 2.22 bits per heavy atom. The van der Waals surface area contributed by atoms with E-state index in [1.54, 1.807) is 11.3 Å². The molecule has 1 aromatic carbocycles. The first-order valence-electron chi connectivity index (χ1n) is 8.13. The zero-order chi connectivity index (χ0) is 16.2. The molecule has 0 spiro atoms. The van der Waals surface area contributed by atoms with E-state index >= 15 is 0 Å². The third-order valence-corrected chi connectivity index (χ3v) is 6.00. The van der Waals surface area contributed by atoms with E-state index in [0.29, 0.717) is 12.3 Å². The summed E-state index contributed by atoms with van der Waals surface area (Å²) in [5.41, 5.74) is 1.01. The maximum Gasteiger partial charge on any atom is 0.222 e. The topological polar surface area (TPSA) is 45.2 Å². The van der Waals surface area contributed by atoms with Gasteiger partial charge in [0.25, 0.3) is 0 Å². The maximum atomic E-state index is 12.4. The van der Waals surface area contributed by atoms with Crippen molar-refractivity contribution in [3.63, 3.8) is 0 Å². The highest BCUT2D eigenvalue weighted by molar-refractivity contribution is 9.10. The smallest absolute Gasteiger partial charge is 0.222 e. The number of carbonyl (C=O) groups excluding carboxylic acids is 1. The number of nitrogens with zero attached hydrogens (tertiary/aromatic N) is 2. The van der Waals surface area contributed by atoms with E-state index in [-0.39, 0.29) is 5.91 Å². The Labute approximate surface area is 149 Å². The molecular formula is C17H22BrN3OS. The minimum Gasteiger partial charge on any atom is -0.343 e. The number of thiazole rings is 1. The minimum absolute atomic E-state index is 0.272. The fourth-order valence-electron chi connectivity index (χ4n) is 3.10. The molecular weight excluding hydrogens is 374 g/mol. The highest BCUT2D eigenvalue weighted by Gasteiger charge is 2.22. The number of benzene rings is 1. The van der Waals surface area contributed by atoms with Crippen LogP contribution < -0.4 is 5.32 Å². The maximum absolute atomic E-state index is 12.4. The number of rotatable bonds is 5. The molecule has 23 heavy (non-hydrogen) atoms. The molecule has 1 N–H and O–H groups in total. The lowest BCUT2D eigenvalue weighted by Crippen LogP contribution is -2.40. The molecule has 1 aliphatic heterocycles. The molecule has 2 heterocycles. The van der Waals surface area contributed by atoms with Crippen molar-refractivity contribution in [1.82, 2.24) is 15.2 Å². The predicted molar refractivity (Wildman–Crippen MR) is 98.9 cm³/mol. The van der Waals surface area contributed by atoms with Crippen LogP contribution in [-0.2, 0) is 11.2 Å². The number of amides is 1. The van der Waals surface area contributed by atoms with Gasteiger partial charge in [0.2, 0.25) is 5.91 Å². The molecule has 1 fully saturated rings. The largest absolute Gasteiger partial charge is 0.343 e. The van der Waals surface area contributed by atoms with Crippen LogP contribution in [-0.4, -0.2) is 42.5 Å². The van der Waals surface area contributed by atoms with Crippen LogP contribution in [0, 0.1) is 5.92 Å². The molecule has 3 rings (SSSR count). The Balaban J connectivity index is 1.52. The van der Waals surface area contributed by atoms with Crippen LogP contribution in [0.3, 0.4) is 0 Å². The number of hydrogen-bond donors (Lipinski definition) is 1. The summed E-state index contributed by atoms with van der Waals surface area (Å²) in [5.74, 6) is 0.986. The summed E-state index contributed by atoms with van der Waals surface area (Å²) in [6, 6.07) is 6.14. The predicted octanol–water partition coefficient (Wildman–Crippen LogP) is 3.45. The molecule has 0 radical (unpaired) electrons. The number of carbonyl (C=O) groups is 1. The van der Waals surface area contributed by atoms with Crippen molar-refractivity contribution in [2.45, 2.75) is 25.7 Å². The molecule has 0 unspecified atom stereocenters. The van der Waals surface area contributed by atoms with Gasteiger partial charge in [0.05, 0.1) is 15.2 Å². The summed E-state index contributed by atoms with van der Waals surface area (Å²) >= 11 is 5.16. The van der Waals surface area contributed by atoms with Gasteiger partial charge in [-0.05, 0) is 50.6 Å². The molecule has 124 valence electrons. The number of aromatic nitrogens is 1. The molecule has 0 bridgehead atoms. The average Bonchev–Trinajstić information content (AvgIpc) is 2.95. The van der Waals surface area contributed by atoms with Gasteiger partial charge in [-0.1, -0.05) is 15.9 Å². The lowest BCUT2D eigenvalue weighted by molar-refractivity contribution is -0.132. The van der Waals surface area contributed by atoms with Gasteiger partial charge < -0.3 is 10.2 Å². The second-order valence-electron chi connectivity index (χ2n) is 6.10. The summed E-state index contributed by atoms with van der Waals surface area (Å²) in [7, 11) is 1.99. The van der Waals surface area contributed by atoms with Crippen LogP contribution in [0.1, 0.15) is 24.3 Å². The monoisotopic (exact) mass is 395 g/mol. The zero-order valence-electron chi connectivity index (χ0n) is 13.3. The van der Waals surface area contributed by atoms with Crippen LogP contribution in [0.4, 0.5) is 0 Å². The quantitative estimate of drug-likeness (QED) is 0.842. The number of piperidine rings is 1. The van der Waals surface area contributed by atoms with Crippen molar-refractivity contribution in [2.75, 3.05) is 26.7 Å². The fourth-order valence-corrected chi connectivity index (χ4v) is 4.40. The van der Waals surface area contributed by atoms with Gasteiger partial charge in [0, 0.05) is 30.4 Å². The van der Waals surface area contributed by atoms with E-state index in [0.717, 1.165) is 53.9 Å². The molecule has 2 aromatic rings. The van der Waals surface area contributed by atoms with E-state index in [9.17, 15) is 4.79 Å². The zero-order valence-corrected chi connectivity index (χ0v) is 15.8. The number of hydrogen-bond acceptors (Lipinski definition) is 4. The first-order chi connectivity index (χ1) is 11.2. The summed E-state index contributed by atoms with van der Waals surface area (Å²) in [6.45, 7) is 2.86. The first kappa shape index (κ1) is 16.9. The van der Waals surface area contributed by atoms with Crippen LogP contribution in [0.5, 0.6) is 0 Å². The normalized spacial score (nSPS) is 16.2. The van der Waals surface area contributed by atoms with E-state index in [1.807, 2.05) is 24.1 Å². The van der Waals surface area contributed by atoms with Crippen molar-refractivity contribution >= 4 is 43.4 Å². The van der Waals surface area contributed by atoms with Gasteiger partial charge in [-0.2, -0.15) is 0 Å². The first-order valence-corrected chi connectivity index (χ1v) is 9.74. The van der Waals surface area contributed by atoms with Gasteiger partial charge in [-0.25, -0.2) is 4.98 Å². The molecule has 0 aliphatic carbocycles. The van der Waals surface area contributed by atoms with Gasteiger partial charge in [0.1, 0.15) is 0 Å². The van der Waals surface area contributed by atoms with Crippen molar-refractivity contribution in [2.24, 2.45) is 5.92 Å². The van der Waals surface area contributed by atoms with Crippen molar-refractivity contribution < 1.29 is 4.79 Å². The van der Waals surface area contributed by atoms with Crippen LogP contribution in [0.2, 0.25) is 0 Å². The summed E-state index contributed by atoms with van der Waals surface area (Å²) < 4.78 is 2.23. The van der Waals surface area contributed by atoms with Crippen molar-refractivity contribution in [1.29, 1.82) is 0 Å². The van der Waals surface area contributed by atoms with Crippen LogP contribution >= 0.6 is 27.3 Å². The summed E-state index contributed by atoms with van der Waals surface area (Å²) in [5, 5.41) is 4.28. The van der Waals surface area contributed by atoms with Crippen molar-refractivity contribution in [3.05, 3.63) is 27.7 Å². The van der Waals surface area contributed by atoms with Gasteiger partial charge in [-0.15, -0.1) is 11.3 Å². The molecule has 6 heteroatoms. The van der Waals surface area contributed by atoms with E-state index in [1.165, 1.54) is 4.70 Å². The minimum atomic E-state index is 0.272. The van der Waals surface area contributed by atoms with E-state index < -0.39 is 0 Å². The number of aryl methyl sites for hydroxylation is 1. The van der Waals surface area contributed by atoms with Gasteiger partial charge in [0.15, 0.2) is 0 Å². The lowest BCUT2D eigenvalue weighted by Gasteiger charge is -2.32. The number of halogens is 1. The molecule has 4 nitrogen and oxygen atoms in total. The third-order valence-electron chi connectivity index (χ3n) is 4.41. The lowest BCUT2D eigenvalue weighted by atomic mass is 9.96. The SMILES string of the molecule is CNCC1CCN(C(=O)CCc2nc3cc(Br)ccc3s2)CC1. The second-order valence-corrected chi connectivity index (χ2v) is 8.13. The molecule has 1 aliphatic rings. The average molecular weight is 396 g/mol. The molecule has 1 saturated heterocycles. The Hall–Kier alpha value is -0.980. The fraction of sp³-hybridized carbons (Fsp3) is 0.529. The van der Waals surface area contributed by atoms with Crippen LogP contribution in [0.25, 0.3) is 10.2 Å². The number of fused-ring (bicyclic) bond motifs is 1. The standard InChI is InChI=1S/C17H22BrN3OS/c1-19-11-12-6-8-21(9-7-12)17(22)5-4-16-20-14-10-13(18)2-3-15(14)23-16/h2-3,10,12,19H,4-9,11H2,1H3. The summed E-state index contributed by atoms with van der Waals surface area (Å²) in [6.07, 6.45) is 3.54.